The van der Waals surface area contributed by atoms with Crippen molar-refractivity contribution in [2.45, 2.75) is 26.1 Å². The van der Waals surface area contributed by atoms with Gasteiger partial charge in [0.25, 0.3) is 0 Å². The van der Waals surface area contributed by atoms with E-state index >= 15 is 0 Å². The van der Waals surface area contributed by atoms with Gasteiger partial charge in [-0.3, -0.25) is 4.79 Å². The molecule has 0 atom stereocenters. The van der Waals surface area contributed by atoms with E-state index in [1.54, 1.807) is 21.3 Å². The van der Waals surface area contributed by atoms with Crippen LogP contribution in [-0.4, -0.2) is 32.4 Å². The average Bonchev–Trinajstić information content (AvgIpc) is 2.37. The molecule has 5 nitrogen and oxygen atoms in total. The molecular formula is C14H20O5. The van der Waals surface area contributed by atoms with Gasteiger partial charge in [0.1, 0.15) is 5.75 Å². The lowest BCUT2D eigenvalue weighted by molar-refractivity contribution is -0.136. The fraction of sp³-hybridized carbons (Fsp3) is 0.500. The summed E-state index contributed by atoms with van der Waals surface area (Å²) in [4.78, 5) is 10.6. The normalized spacial score (nSPS) is 10.5. The first-order valence-corrected chi connectivity index (χ1v) is 6.00. The fourth-order valence-electron chi connectivity index (χ4n) is 2.01. The summed E-state index contributed by atoms with van der Waals surface area (Å²) in [5.41, 5.74) is 2.75. The molecule has 0 aliphatic rings. The number of ether oxygens (including phenoxy) is 3. The second-order valence-electron chi connectivity index (χ2n) is 4.21. The molecule has 0 aliphatic heterocycles. The van der Waals surface area contributed by atoms with Crippen molar-refractivity contribution in [1.82, 2.24) is 0 Å². The van der Waals surface area contributed by atoms with Crippen LogP contribution in [0.3, 0.4) is 0 Å². The van der Waals surface area contributed by atoms with E-state index < -0.39 is 5.97 Å². The average molecular weight is 268 g/mol. The smallest absolute Gasteiger partial charge is 0.303 e. The number of carbonyl (C=O) groups is 1. The second kappa shape index (κ2) is 7.76. The van der Waals surface area contributed by atoms with Crippen LogP contribution in [0.4, 0.5) is 0 Å². The Kier molecular flexibility index (Phi) is 6.32. The summed E-state index contributed by atoms with van der Waals surface area (Å²) in [6, 6.07) is 3.84. The highest BCUT2D eigenvalue weighted by Gasteiger charge is 2.12. The quantitative estimate of drug-likeness (QED) is 0.781. The first kappa shape index (κ1) is 15.5. The molecule has 0 aromatic heterocycles. The van der Waals surface area contributed by atoms with E-state index in [4.69, 9.17) is 19.3 Å². The number of methoxy groups -OCH3 is 3. The van der Waals surface area contributed by atoms with Crippen molar-refractivity contribution < 1.29 is 24.1 Å². The van der Waals surface area contributed by atoms with E-state index in [-0.39, 0.29) is 6.42 Å². The summed E-state index contributed by atoms with van der Waals surface area (Å²) >= 11 is 0. The van der Waals surface area contributed by atoms with E-state index in [0.717, 1.165) is 22.4 Å². The summed E-state index contributed by atoms with van der Waals surface area (Å²) in [7, 11) is 4.82. The Morgan fingerprint density at radius 1 is 1.11 bits per heavy atom. The molecule has 0 aliphatic carbocycles. The number of aryl methyl sites for hydroxylation is 1. The number of aliphatic carboxylic acids is 1. The number of hydrogen-bond acceptors (Lipinski definition) is 4. The maximum absolute atomic E-state index is 10.6. The van der Waals surface area contributed by atoms with Crippen LogP contribution in [-0.2, 0) is 33.9 Å². The first-order chi connectivity index (χ1) is 9.12. The van der Waals surface area contributed by atoms with Crippen LogP contribution in [0.5, 0.6) is 5.75 Å². The lowest BCUT2D eigenvalue weighted by Crippen LogP contribution is -2.04. The van der Waals surface area contributed by atoms with Gasteiger partial charge in [0.15, 0.2) is 0 Å². The molecule has 0 bridgehead atoms. The van der Waals surface area contributed by atoms with Gasteiger partial charge in [-0.25, -0.2) is 0 Å². The third-order valence-electron chi connectivity index (χ3n) is 2.73. The van der Waals surface area contributed by atoms with E-state index in [0.29, 0.717) is 19.6 Å². The van der Waals surface area contributed by atoms with Crippen LogP contribution in [0.15, 0.2) is 12.1 Å². The Morgan fingerprint density at radius 2 is 1.63 bits per heavy atom. The molecule has 0 amide bonds. The zero-order valence-corrected chi connectivity index (χ0v) is 11.6. The van der Waals surface area contributed by atoms with Gasteiger partial charge in [-0.2, -0.15) is 0 Å². The largest absolute Gasteiger partial charge is 0.496 e. The van der Waals surface area contributed by atoms with E-state index in [1.807, 2.05) is 12.1 Å². The highest BCUT2D eigenvalue weighted by atomic mass is 16.5. The van der Waals surface area contributed by atoms with E-state index in [2.05, 4.69) is 0 Å². The van der Waals surface area contributed by atoms with Crippen molar-refractivity contribution in [1.29, 1.82) is 0 Å². The van der Waals surface area contributed by atoms with Gasteiger partial charge < -0.3 is 19.3 Å². The van der Waals surface area contributed by atoms with Gasteiger partial charge in [0.2, 0.25) is 0 Å². The van der Waals surface area contributed by atoms with Crippen LogP contribution in [0, 0.1) is 0 Å². The Bertz CT molecular complexity index is 401. The molecule has 0 saturated heterocycles. The topological polar surface area (TPSA) is 65.0 Å². The number of carboxylic acids is 1. The van der Waals surface area contributed by atoms with Crippen LogP contribution < -0.4 is 4.74 Å². The molecule has 19 heavy (non-hydrogen) atoms. The molecule has 0 fully saturated rings. The summed E-state index contributed by atoms with van der Waals surface area (Å²) < 4.78 is 15.7. The minimum Gasteiger partial charge on any atom is -0.496 e. The fourth-order valence-corrected chi connectivity index (χ4v) is 2.01. The first-order valence-electron chi connectivity index (χ1n) is 6.00. The standard InChI is InChI=1S/C14H20O5/c1-17-8-11-6-10(4-5-13(15)16)7-12(9-18-2)14(11)19-3/h6-7H,4-5,8-9H2,1-3H3,(H,15,16). The van der Waals surface area contributed by atoms with E-state index in [1.165, 1.54) is 0 Å². The summed E-state index contributed by atoms with van der Waals surface area (Å²) in [5.74, 6) is -0.0693. The Hall–Kier alpha value is -1.59. The minimum absolute atomic E-state index is 0.102. The molecule has 5 heteroatoms. The molecule has 1 aromatic carbocycles. The third kappa shape index (κ3) is 4.54. The predicted molar refractivity (Wildman–Crippen MR) is 70.4 cm³/mol. The van der Waals surface area contributed by atoms with Crippen LogP contribution in [0.2, 0.25) is 0 Å². The van der Waals surface area contributed by atoms with Crippen molar-refractivity contribution in [2.24, 2.45) is 0 Å². The van der Waals surface area contributed by atoms with Crippen LogP contribution in [0.1, 0.15) is 23.1 Å². The third-order valence-corrected chi connectivity index (χ3v) is 2.73. The van der Waals surface area contributed by atoms with Gasteiger partial charge in [0, 0.05) is 31.8 Å². The van der Waals surface area contributed by atoms with Crippen LogP contribution >= 0.6 is 0 Å². The van der Waals surface area contributed by atoms with Crippen molar-refractivity contribution in [3.05, 3.63) is 28.8 Å². The maximum atomic E-state index is 10.6. The molecule has 0 heterocycles. The number of rotatable bonds is 8. The zero-order chi connectivity index (χ0) is 14.3. The molecule has 1 rings (SSSR count). The number of carboxylic acid groups (broad SMARTS) is 1. The van der Waals surface area contributed by atoms with Crippen molar-refractivity contribution in [3.8, 4) is 5.75 Å². The summed E-state index contributed by atoms with van der Waals surface area (Å²) in [6.45, 7) is 0.835. The van der Waals surface area contributed by atoms with Gasteiger partial charge in [-0.05, 0) is 24.1 Å². The molecule has 0 radical (unpaired) electrons. The minimum atomic E-state index is -0.808. The Labute approximate surface area is 113 Å². The molecule has 0 saturated carbocycles. The van der Waals surface area contributed by atoms with Crippen molar-refractivity contribution in [2.75, 3.05) is 21.3 Å². The predicted octanol–water partition coefficient (Wildman–Crippen LogP) is 2.01. The van der Waals surface area contributed by atoms with Gasteiger partial charge >= 0.3 is 5.97 Å². The van der Waals surface area contributed by atoms with Crippen molar-refractivity contribution in [3.63, 3.8) is 0 Å². The van der Waals surface area contributed by atoms with Gasteiger partial charge in [-0.1, -0.05) is 0 Å². The lowest BCUT2D eigenvalue weighted by Gasteiger charge is -2.15. The highest BCUT2D eigenvalue weighted by molar-refractivity contribution is 5.67. The monoisotopic (exact) mass is 268 g/mol. The van der Waals surface area contributed by atoms with Crippen molar-refractivity contribution >= 4 is 5.97 Å². The summed E-state index contributed by atoms with van der Waals surface area (Å²) in [6.07, 6.45) is 0.581. The maximum Gasteiger partial charge on any atom is 0.303 e. The van der Waals surface area contributed by atoms with Gasteiger partial charge in [0.05, 0.1) is 20.3 Å². The van der Waals surface area contributed by atoms with E-state index in [9.17, 15) is 4.79 Å². The summed E-state index contributed by atoms with van der Waals surface area (Å²) in [5, 5.41) is 8.75. The number of benzene rings is 1. The highest BCUT2D eigenvalue weighted by Crippen LogP contribution is 2.28. The molecule has 1 aromatic rings. The zero-order valence-electron chi connectivity index (χ0n) is 11.6. The molecule has 0 spiro atoms. The lowest BCUT2D eigenvalue weighted by atomic mass is 10.0. The molecule has 1 N–H and O–H groups in total. The Morgan fingerprint density at radius 3 is 2.00 bits per heavy atom. The number of hydrogen-bond donors (Lipinski definition) is 1. The van der Waals surface area contributed by atoms with Gasteiger partial charge in [-0.15, -0.1) is 0 Å². The molecule has 0 unspecified atom stereocenters. The molecule has 106 valence electrons. The Balaban J connectivity index is 3.08. The second-order valence-corrected chi connectivity index (χ2v) is 4.21. The molecular weight excluding hydrogens is 248 g/mol. The SMILES string of the molecule is COCc1cc(CCC(=O)O)cc(COC)c1OC. The van der Waals surface area contributed by atoms with Crippen LogP contribution in [0.25, 0.3) is 0 Å².